The van der Waals surface area contributed by atoms with Crippen LogP contribution in [0.15, 0.2) is 97.1 Å². The zero-order valence-corrected chi connectivity index (χ0v) is 25.9. The van der Waals surface area contributed by atoms with Gasteiger partial charge in [0.25, 0.3) is 0 Å². The lowest BCUT2D eigenvalue weighted by Gasteiger charge is -2.38. The molecule has 6 heteroatoms. The number of rotatable bonds is 11. The van der Waals surface area contributed by atoms with Crippen LogP contribution in [0.5, 0.6) is 11.5 Å². The summed E-state index contributed by atoms with van der Waals surface area (Å²) in [6, 6.07) is 32.3. The second-order valence-electron chi connectivity index (χ2n) is 11.4. The van der Waals surface area contributed by atoms with E-state index in [1.807, 2.05) is 78.9 Å². The fourth-order valence-electron chi connectivity index (χ4n) is 6.05. The standard InChI is InChI=1S/C38H38ClN3O2/c1-2-40-38(22-10-5-11-23-38)37-32-19-18-31(39)25-33(32)41-36(42-37)21-17-28-16-20-34(43-26-29-12-6-3-7-13-29)35(24-28)44-27-30-14-8-4-9-15-30/h3-4,6-9,12-21,24-25,40H,2,5,10-11,22-23,26-27H2,1H3. The molecule has 6 rings (SSSR count). The highest BCUT2D eigenvalue weighted by Crippen LogP contribution is 2.39. The van der Waals surface area contributed by atoms with Gasteiger partial charge in [0.2, 0.25) is 0 Å². The van der Waals surface area contributed by atoms with Crippen molar-refractivity contribution in [2.24, 2.45) is 0 Å². The number of nitrogens with zero attached hydrogens (tertiary/aromatic N) is 2. The fraction of sp³-hybridized carbons (Fsp3) is 0.263. The van der Waals surface area contributed by atoms with Crippen molar-refractivity contribution < 1.29 is 9.47 Å². The van der Waals surface area contributed by atoms with Crippen molar-refractivity contribution in [3.63, 3.8) is 0 Å². The average molecular weight is 604 g/mol. The topological polar surface area (TPSA) is 56.3 Å². The van der Waals surface area contributed by atoms with Crippen molar-refractivity contribution in [1.29, 1.82) is 0 Å². The molecule has 5 nitrogen and oxygen atoms in total. The molecule has 0 amide bonds. The summed E-state index contributed by atoms with van der Waals surface area (Å²) < 4.78 is 12.5. The van der Waals surface area contributed by atoms with Crippen LogP contribution in [0, 0.1) is 0 Å². The molecular formula is C38H38ClN3O2. The number of halogens is 1. The molecule has 1 aliphatic carbocycles. The van der Waals surface area contributed by atoms with Crippen LogP contribution in [0.1, 0.15) is 67.2 Å². The first-order valence-corrected chi connectivity index (χ1v) is 15.9. The minimum absolute atomic E-state index is 0.166. The second-order valence-corrected chi connectivity index (χ2v) is 11.8. The summed E-state index contributed by atoms with van der Waals surface area (Å²) in [5.41, 5.74) is 4.92. The predicted octanol–water partition coefficient (Wildman–Crippen LogP) is 9.38. The van der Waals surface area contributed by atoms with Gasteiger partial charge in [-0.2, -0.15) is 0 Å². The van der Waals surface area contributed by atoms with E-state index in [-0.39, 0.29) is 5.54 Å². The Hall–Kier alpha value is -4.19. The maximum absolute atomic E-state index is 6.43. The van der Waals surface area contributed by atoms with Gasteiger partial charge >= 0.3 is 0 Å². The lowest BCUT2D eigenvalue weighted by atomic mass is 9.78. The molecule has 5 aromatic rings. The van der Waals surface area contributed by atoms with Crippen LogP contribution >= 0.6 is 11.6 Å². The third kappa shape index (κ3) is 7.12. The van der Waals surface area contributed by atoms with Crippen molar-refractivity contribution in [3.05, 3.63) is 130 Å². The van der Waals surface area contributed by atoms with Gasteiger partial charge in [-0.25, -0.2) is 9.97 Å². The quantitative estimate of drug-likeness (QED) is 0.163. The highest BCUT2D eigenvalue weighted by molar-refractivity contribution is 6.31. The zero-order valence-electron chi connectivity index (χ0n) is 25.1. The molecule has 1 fully saturated rings. The number of hydrogen-bond acceptors (Lipinski definition) is 5. The van der Waals surface area contributed by atoms with Crippen molar-refractivity contribution in [3.8, 4) is 11.5 Å². The van der Waals surface area contributed by atoms with Crippen LogP contribution in [0.25, 0.3) is 23.1 Å². The van der Waals surface area contributed by atoms with Crippen molar-refractivity contribution in [2.75, 3.05) is 6.54 Å². The zero-order chi connectivity index (χ0) is 30.2. The first kappa shape index (κ1) is 29.9. The minimum atomic E-state index is -0.166. The predicted molar refractivity (Wildman–Crippen MR) is 180 cm³/mol. The van der Waals surface area contributed by atoms with E-state index in [0.717, 1.165) is 52.7 Å². The largest absolute Gasteiger partial charge is 0.485 e. The molecule has 0 atom stereocenters. The van der Waals surface area contributed by atoms with Crippen LogP contribution in [-0.2, 0) is 18.8 Å². The highest BCUT2D eigenvalue weighted by atomic mass is 35.5. The third-order valence-electron chi connectivity index (χ3n) is 8.22. The van der Waals surface area contributed by atoms with E-state index in [1.165, 1.54) is 19.3 Å². The fourth-order valence-corrected chi connectivity index (χ4v) is 6.22. The first-order chi connectivity index (χ1) is 21.6. The molecule has 0 saturated heterocycles. The van der Waals surface area contributed by atoms with Gasteiger partial charge in [0.05, 0.1) is 16.7 Å². The van der Waals surface area contributed by atoms with E-state index in [2.05, 4.69) is 42.6 Å². The summed E-state index contributed by atoms with van der Waals surface area (Å²) in [4.78, 5) is 10.1. The maximum atomic E-state index is 6.43. The molecule has 0 unspecified atom stereocenters. The second kappa shape index (κ2) is 14.1. The number of nitrogens with one attached hydrogen (secondary N) is 1. The van der Waals surface area contributed by atoms with Crippen molar-refractivity contribution >= 4 is 34.7 Å². The molecular weight excluding hydrogens is 566 g/mol. The van der Waals surface area contributed by atoms with Gasteiger partial charge in [0, 0.05) is 10.4 Å². The van der Waals surface area contributed by atoms with Gasteiger partial charge in [0.15, 0.2) is 17.3 Å². The Balaban J connectivity index is 1.32. The van der Waals surface area contributed by atoms with E-state index in [9.17, 15) is 0 Å². The van der Waals surface area contributed by atoms with E-state index in [4.69, 9.17) is 31.0 Å². The van der Waals surface area contributed by atoms with Gasteiger partial charge < -0.3 is 14.8 Å². The maximum Gasteiger partial charge on any atom is 0.162 e. The molecule has 1 N–H and O–H groups in total. The molecule has 4 aromatic carbocycles. The Morgan fingerprint density at radius 1 is 0.750 bits per heavy atom. The molecule has 0 bridgehead atoms. The van der Waals surface area contributed by atoms with Gasteiger partial charge in [-0.1, -0.05) is 111 Å². The van der Waals surface area contributed by atoms with Gasteiger partial charge in [0.1, 0.15) is 13.2 Å². The van der Waals surface area contributed by atoms with E-state index in [0.29, 0.717) is 35.6 Å². The Bertz CT molecular complexity index is 1710. The summed E-state index contributed by atoms with van der Waals surface area (Å²) >= 11 is 6.43. The average Bonchev–Trinajstić information content (AvgIpc) is 3.07. The molecule has 1 saturated carbocycles. The third-order valence-corrected chi connectivity index (χ3v) is 8.45. The number of ether oxygens (including phenoxy) is 2. The number of hydrogen-bond donors (Lipinski definition) is 1. The smallest absolute Gasteiger partial charge is 0.162 e. The summed E-state index contributed by atoms with van der Waals surface area (Å²) in [7, 11) is 0. The lowest BCUT2D eigenvalue weighted by Crippen LogP contribution is -2.45. The van der Waals surface area contributed by atoms with E-state index < -0.39 is 0 Å². The van der Waals surface area contributed by atoms with Crippen LogP contribution in [0.3, 0.4) is 0 Å². The first-order valence-electron chi connectivity index (χ1n) is 15.5. The van der Waals surface area contributed by atoms with E-state index >= 15 is 0 Å². The molecule has 1 aromatic heterocycles. The number of fused-ring (bicyclic) bond motifs is 1. The molecule has 1 heterocycles. The number of aromatic nitrogens is 2. The lowest BCUT2D eigenvalue weighted by molar-refractivity contribution is 0.234. The monoisotopic (exact) mass is 603 g/mol. The molecule has 224 valence electrons. The summed E-state index contributed by atoms with van der Waals surface area (Å²) in [5, 5.41) is 5.54. The summed E-state index contributed by atoms with van der Waals surface area (Å²) in [5.74, 6) is 2.05. The van der Waals surface area contributed by atoms with E-state index in [1.54, 1.807) is 0 Å². The summed E-state index contributed by atoms with van der Waals surface area (Å²) in [6.45, 7) is 3.96. The van der Waals surface area contributed by atoms with Crippen LogP contribution in [0.2, 0.25) is 5.02 Å². The van der Waals surface area contributed by atoms with Gasteiger partial charge in [-0.15, -0.1) is 0 Å². The van der Waals surface area contributed by atoms with Crippen molar-refractivity contribution in [1.82, 2.24) is 15.3 Å². The van der Waals surface area contributed by atoms with Gasteiger partial charge in [-0.3, -0.25) is 0 Å². The Morgan fingerprint density at radius 3 is 2.11 bits per heavy atom. The molecule has 0 spiro atoms. The molecule has 44 heavy (non-hydrogen) atoms. The Kier molecular flexibility index (Phi) is 9.55. The molecule has 1 aliphatic rings. The molecule has 0 aliphatic heterocycles. The SMILES string of the molecule is CCNC1(c2nc(C=Cc3ccc(OCc4ccccc4)c(OCc4ccccc4)c3)nc3cc(Cl)ccc23)CCCCC1. The van der Waals surface area contributed by atoms with Crippen LogP contribution < -0.4 is 14.8 Å². The molecule has 0 radical (unpaired) electrons. The summed E-state index contributed by atoms with van der Waals surface area (Å²) in [6.07, 6.45) is 9.76. The Labute approximate surface area is 264 Å². The van der Waals surface area contributed by atoms with Crippen LogP contribution in [0.4, 0.5) is 0 Å². The van der Waals surface area contributed by atoms with Gasteiger partial charge in [-0.05, 0) is 72.5 Å². The number of benzene rings is 4. The minimum Gasteiger partial charge on any atom is -0.485 e. The van der Waals surface area contributed by atoms with Crippen LogP contribution in [-0.4, -0.2) is 16.5 Å². The Morgan fingerprint density at radius 2 is 1.43 bits per heavy atom. The van der Waals surface area contributed by atoms with Crippen molar-refractivity contribution in [2.45, 2.75) is 57.8 Å². The highest BCUT2D eigenvalue weighted by Gasteiger charge is 2.36. The normalized spacial score (nSPS) is 14.6.